The van der Waals surface area contributed by atoms with Gasteiger partial charge in [0.1, 0.15) is 6.17 Å². The lowest BCUT2D eigenvalue weighted by Crippen LogP contribution is -2.45. The number of ether oxygens (including phenoxy) is 1. The molecular weight excluding hydrogens is 301 g/mol. The molecule has 3 N–H and O–H groups in total. The largest absolute Gasteiger partial charge is 0.380 e. The van der Waals surface area contributed by atoms with Crippen molar-refractivity contribution in [1.82, 2.24) is 10.2 Å². The van der Waals surface area contributed by atoms with Crippen molar-refractivity contribution < 1.29 is 18.7 Å². The summed E-state index contributed by atoms with van der Waals surface area (Å²) in [6.07, 6.45) is -1.07. The number of carbonyl (C=O) groups excluding carboxylic acids is 2. The fourth-order valence-corrected chi connectivity index (χ4v) is 2.78. The Labute approximate surface area is 134 Å². The Morgan fingerprint density at radius 2 is 2.09 bits per heavy atom. The van der Waals surface area contributed by atoms with Gasteiger partial charge in [0.15, 0.2) is 0 Å². The Morgan fingerprint density at radius 3 is 2.74 bits per heavy atom. The molecule has 1 aromatic rings. The van der Waals surface area contributed by atoms with E-state index < -0.39 is 18.1 Å². The van der Waals surface area contributed by atoms with Gasteiger partial charge in [0.2, 0.25) is 11.8 Å². The second kappa shape index (κ2) is 8.03. The zero-order valence-electron chi connectivity index (χ0n) is 13.1. The lowest BCUT2D eigenvalue weighted by Gasteiger charge is -2.20. The number of nitrogens with zero attached hydrogens (tertiary/aromatic N) is 1. The molecule has 2 rings (SSSR count). The maximum atomic E-state index is 13.4. The molecule has 1 aliphatic rings. The predicted octanol–water partition coefficient (Wildman–Crippen LogP) is 0.347. The van der Waals surface area contributed by atoms with Crippen molar-refractivity contribution in [3.8, 4) is 0 Å². The molecule has 126 valence electrons. The summed E-state index contributed by atoms with van der Waals surface area (Å²) in [4.78, 5) is 24.9. The van der Waals surface area contributed by atoms with Crippen molar-refractivity contribution in [2.45, 2.75) is 31.8 Å². The first-order chi connectivity index (χ1) is 11.0. The van der Waals surface area contributed by atoms with Gasteiger partial charge in [-0.1, -0.05) is 24.3 Å². The molecule has 2 amide bonds. The molecule has 1 aromatic carbocycles. The highest BCUT2D eigenvalue weighted by molar-refractivity contribution is 5.82. The maximum absolute atomic E-state index is 13.4. The Balaban J connectivity index is 1.89. The Bertz CT molecular complexity index is 567. The van der Waals surface area contributed by atoms with Gasteiger partial charge in [-0.15, -0.1) is 0 Å². The lowest BCUT2D eigenvalue weighted by molar-refractivity contribution is -0.125. The number of hydrogen-bond acceptors (Lipinski definition) is 4. The van der Waals surface area contributed by atoms with Crippen molar-refractivity contribution in [3.05, 3.63) is 35.4 Å². The van der Waals surface area contributed by atoms with Crippen molar-refractivity contribution in [1.29, 1.82) is 0 Å². The van der Waals surface area contributed by atoms with Crippen LogP contribution in [0.5, 0.6) is 0 Å². The van der Waals surface area contributed by atoms with E-state index in [2.05, 4.69) is 5.32 Å². The summed E-state index contributed by atoms with van der Waals surface area (Å²) in [5, 5.41) is 2.79. The van der Waals surface area contributed by atoms with Crippen molar-refractivity contribution in [2.75, 3.05) is 20.2 Å². The first-order valence-corrected chi connectivity index (χ1v) is 7.51. The SMILES string of the molecule is COCc1ccccc1CNC(=O)CN1C[C@H](F)C[C@H]1C(N)=O. The van der Waals surface area contributed by atoms with Gasteiger partial charge in [0, 0.05) is 26.6 Å². The predicted molar refractivity (Wildman–Crippen MR) is 83.1 cm³/mol. The molecule has 1 saturated heterocycles. The fourth-order valence-electron chi connectivity index (χ4n) is 2.78. The molecule has 0 radical (unpaired) electrons. The molecule has 0 bridgehead atoms. The maximum Gasteiger partial charge on any atom is 0.234 e. The zero-order valence-corrected chi connectivity index (χ0v) is 13.1. The summed E-state index contributed by atoms with van der Waals surface area (Å²) >= 11 is 0. The third-order valence-electron chi connectivity index (χ3n) is 3.92. The van der Waals surface area contributed by atoms with E-state index in [1.54, 1.807) is 7.11 Å². The van der Waals surface area contributed by atoms with Crippen LogP contribution in [0.4, 0.5) is 4.39 Å². The van der Waals surface area contributed by atoms with Gasteiger partial charge < -0.3 is 15.8 Å². The monoisotopic (exact) mass is 323 g/mol. The van der Waals surface area contributed by atoms with Gasteiger partial charge in [-0.25, -0.2) is 4.39 Å². The van der Waals surface area contributed by atoms with E-state index in [1.165, 1.54) is 4.90 Å². The van der Waals surface area contributed by atoms with E-state index >= 15 is 0 Å². The van der Waals surface area contributed by atoms with Crippen LogP contribution in [-0.4, -0.2) is 49.1 Å². The third-order valence-corrected chi connectivity index (χ3v) is 3.92. The van der Waals surface area contributed by atoms with E-state index in [0.29, 0.717) is 13.2 Å². The minimum absolute atomic E-state index is 0.0412. The highest BCUT2D eigenvalue weighted by Crippen LogP contribution is 2.19. The minimum Gasteiger partial charge on any atom is -0.380 e. The van der Waals surface area contributed by atoms with Gasteiger partial charge in [-0.3, -0.25) is 14.5 Å². The highest BCUT2D eigenvalue weighted by atomic mass is 19.1. The normalized spacial score (nSPS) is 21.3. The number of likely N-dealkylation sites (tertiary alicyclic amines) is 1. The van der Waals surface area contributed by atoms with Crippen molar-refractivity contribution in [3.63, 3.8) is 0 Å². The van der Waals surface area contributed by atoms with Crippen LogP contribution in [0, 0.1) is 0 Å². The molecule has 0 aromatic heterocycles. The van der Waals surface area contributed by atoms with Crippen LogP contribution in [0.15, 0.2) is 24.3 Å². The van der Waals surface area contributed by atoms with Crippen LogP contribution >= 0.6 is 0 Å². The van der Waals surface area contributed by atoms with Gasteiger partial charge in [0.05, 0.1) is 19.2 Å². The first-order valence-electron chi connectivity index (χ1n) is 7.51. The molecule has 1 fully saturated rings. The van der Waals surface area contributed by atoms with Crippen LogP contribution < -0.4 is 11.1 Å². The molecule has 0 unspecified atom stereocenters. The summed E-state index contributed by atoms with van der Waals surface area (Å²) in [6, 6.07) is 6.92. The van der Waals surface area contributed by atoms with Crippen LogP contribution in [0.3, 0.4) is 0 Å². The van der Waals surface area contributed by atoms with E-state index in [4.69, 9.17) is 10.5 Å². The van der Waals surface area contributed by atoms with Crippen LogP contribution in [0.1, 0.15) is 17.5 Å². The van der Waals surface area contributed by atoms with Gasteiger partial charge in [-0.2, -0.15) is 0 Å². The Hall–Kier alpha value is -1.99. The third kappa shape index (κ3) is 4.74. The highest BCUT2D eigenvalue weighted by Gasteiger charge is 2.36. The van der Waals surface area contributed by atoms with Crippen molar-refractivity contribution in [2.24, 2.45) is 5.73 Å². The summed E-state index contributed by atoms with van der Waals surface area (Å²) in [6.45, 7) is 0.833. The number of halogens is 1. The van der Waals surface area contributed by atoms with Crippen LogP contribution in [0.2, 0.25) is 0 Å². The zero-order chi connectivity index (χ0) is 16.8. The number of alkyl halides is 1. The van der Waals surface area contributed by atoms with Gasteiger partial charge in [-0.05, 0) is 11.1 Å². The molecule has 0 spiro atoms. The molecule has 23 heavy (non-hydrogen) atoms. The Morgan fingerprint density at radius 1 is 1.39 bits per heavy atom. The number of methoxy groups -OCH3 is 1. The number of hydrogen-bond donors (Lipinski definition) is 2. The van der Waals surface area contributed by atoms with E-state index in [-0.39, 0.29) is 25.4 Å². The number of nitrogens with one attached hydrogen (secondary N) is 1. The molecule has 0 aliphatic carbocycles. The number of rotatable bonds is 7. The molecule has 1 aliphatic heterocycles. The topological polar surface area (TPSA) is 84.7 Å². The molecule has 6 nitrogen and oxygen atoms in total. The van der Waals surface area contributed by atoms with Crippen molar-refractivity contribution >= 4 is 11.8 Å². The number of nitrogens with two attached hydrogens (primary N) is 1. The smallest absolute Gasteiger partial charge is 0.234 e. The first kappa shape index (κ1) is 17.4. The standard InChI is InChI=1S/C16H22FN3O3/c1-23-10-12-5-3-2-4-11(12)7-19-15(21)9-20-8-13(17)6-14(20)16(18)22/h2-5,13-14H,6-10H2,1H3,(H2,18,22)(H,19,21)/t13-,14+/m1/s1. The van der Waals surface area contributed by atoms with Gasteiger partial charge >= 0.3 is 0 Å². The number of benzene rings is 1. The van der Waals surface area contributed by atoms with Crippen LogP contribution in [-0.2, 0) is 27.5 Å². The Kier molecular flexibility index (Phi) is 6.06. The van der Waals surface area contributed by atoms with Crippen LogP contribution in [0.25, 0.3) is 0 Å². The summed E-state index contributed by atoms with van der Waals surface area (Å²) < 4.78 is 18.5. The molecule has 7 heteroatoms. The fraction of sp³-hybridized carbons (Fsp3) is 0.500. The second-order valence-electron chi connectivity index (χ2n) is 5.66. The molecular formula is C16H22FN3O3. The van der Waals surface area contributed by atoms with E-state index in [0.717, 1.165) is 11.1 Å². The summed E-state index contributed by atoms with van der Waals surface area (Å²) in [7, 11) is 1.61. The molecule has 2 atom stereocenters. The molecule has 1 heterocycles. The summed E-state index contributed by atoms with van der Waals surface area (Å²) in [5.74, 6) is -0.860. The number of amides is 2. The average molecular weight is 323 g/mol. The van der Waals surface area contributed by atoms with E-state index in [1.807, 2.05) is 24.3 Å². The number of primary amides is 1. The minimum atomic E-state index is -1.12. The quantitative estimate of drug-likeness (QED) is 0.758. The molecule has 0 saturated carbocycles. The van der Waals surface area contributed by atoms with E-state index in [9.17, 15) is 14.0 Å². The second-order valence-corrected chi connectivity index (χ2v) is 5.66. The summed E-state index contributed by atoms with van der Waals surface area (Å²) in [5.41, 5.74) is 7.20. The average Bonchev–Trinajstić information content (AvgIpc) is 2.87. The number of carbonyl (C=O) groups is 2. The lowest BCUT2D eigenvalue weighted by atomic mass is 10.1. The van der Waals surface area contributed by atoms with Gasteiger partial charge in [0.25, 0.3) is 0 Å².